The molecule has 0 saturated carbocycles. The molecule has 1 aromatic carbocycles. The highest BCUT2D eigenvalue weighted by Gasteiger charge is 2.29. The second-order valence-electron chi connectivity index (χ2n) is 7.52. The number of urea groups is 1. The van der Waals surface area contributed by atoms with Crippen LogP contribution in [0.2, 0.25) is 0 Å². The third-order valence-electron chi connectivity index (χ3n) is 5.53. The van der Waals surface area contributed by atoms with Crippen molar-refractivity contribution < 1.29 is 9.59 Å². The summed E-state index contributed by atoms with van der Waals surface area (Å²) in [6, 6.07) is 6.97. The van der Waals surface area contributed by atoms with Gasteiger partial charge in [0.25, 0.3) is 0 Å². The van der Waals surface area contributed by atoms with E-state index in [0.29, 0.717) is 25.6 Å². The molecule has 2 aromatic rings. The molecule has 1 aliphatic carbocycles. The van der Waals surface area contributed by atoms with Gasteiger partial charge in [0.15, 0.2) is 0 Å². The fraction of sp³-hybridized carbons (Fsp3) is 0.476. The number of rotatable bonds is 5. The van der Waals surface area contributed by atoms with Crippen molar-refractivity contribution in [2.75, 3.05) is 18.0 Å². The van der Waals surface area contributed by atoms with E-state index in [1.54, 1.807) is 11.8 Å². The molecule has 0 fully saturated rings. The van der Waals surface area contributed by atoms with Crippen molar-refractivity contribution in [1.82, 2.24) is 20.2 Å². The van der Waals surface area contributed by atoms with Crippen molar-refractivity contribution in [3.05, 3.63) is 35.9 Å². The maximum Gasteiger partial charge on any atom is 0.324 e. The molecule has 3 amide bonds. The third kappa shape index (κ3) is 3.74. The Morgan fingerprint density at radius 3 is 2.89 bits per heavy atom. The van der Waals surface area contributed by atoms with E-state index in [1.165, 1.54) is 18.4 Å². The molecule has 0 saturated heterocycles. The van der Waals surface area contributed by atoms with E-state index in [2.05, 4.69) is 21.7 Å². The highest BCUT2D eigenvalue weighted by molar-refractivity contribution is 5.96. The Bertz CT molecular complexity index is 917. The second-order valence-corrected chi connectivity index (χ2v) is 7.52. The second kappa shape index (κ2) is 8.04. The van der Waals surface area contributed by atoms with Crippen LogP contribution < -0.4 is 15.5 Å². The van der Waals surface area contributed by atoms with Crippen LogP contribution in [-0.4, -0.2) is 40.6 Å². The topological polar surface area (TPSA) is 79.3 Å². The van der Waals surface area contributed by atoms with Gasteiger partial charge < -0.3 is 15.2 Å². The minimum Gasteiger partial charge on any atom is -0.354 e. The van der Waals surface area contributed by atoms with Crippen LogP contribution in [0.3, 0.4) is 0 Å². The number of nitrogens with one attached hydrogen (secondary N) is 2. The maximum atomic E-state index is 12.7. The lowest BCUT2D eigenvalue weighted by atomic mass is 9.97. The molecule has 1 aliphatic heterocycles. The van der Waals surface area contributed by atoms with Gasteiger partial charge in [-0.05, 0) is 51.2 Å². The van der Waals surface area contributed by atoms with E-state index < -0.39 is 6.04 Å². The zero-order valence-corrected chi connectivity index (χ0v) is 16.3. The molecular formula is C21H27N5O2. The van der Waals surface area contributed by atoms with E-state index in [1.807, 2.05) is 28.8 Å². The Labute approximate surface area is 164 Å². The molecule has 28 heavy (non-hydrogen) atoms. The number of fused-ring (bicyclic) bond motifs is 3. The summed E-state index contributed by atoms with van der Waals surface area (Å²) in [5, 5.41) is 5.73. The first kappa shape index (κ1) is 18.5. The normalized spacial score (nSPS) is 17.2. The van der Waals surface area contributed by atoms with Gasteiger partial charge in [-0.1, -0.05) is 23.8 Å². The molecule has 0 spiro atoms. The molecule has 2 aliphatic rings. The SMILES string of the molecule is CC(NC(=O)N1CCn2c1nc1ccccc12)C(=O)NCCC1=CCCCC1. The lowest BCUT2D eigenvalue weighted by molar-refractivity contribution is -0.122. The summed E-state index contributed by atoms with van der Waals surface area (Å²) in [7, 11) is 0. The number of hydrogen-bond donors (Lipinski definition) is 2. The number of imidazole rings is 1. The summed E-state index contributed by atoms with van der Waals surface area (Å²) < 4.78 is 2.04. The van der Waals surface area contributed by atoms with Crippen LogP contribution in [0.4, 0.5) is 10.7 Å². The molecule has 1 atom stereocenters. The van der Waals surface area contributed by atoms with Crippen LogP contribution in [-0.2, 0) is 11.3 Å². The van der Waals surface area contributed by atoms with Crippen molar-refractivity contribution in [2.45, 2.75) is 51.6 Å². The number of nitrogens with zero attached hydrogens (tertiary/aromatic N) is 3. The molecule has 2 heterocycles. The van der Waals surface area contributed by atoms with Crippen molar-refractivity contribution in [3.8, 4) is 0 Å². The van der Waals surface area contributed by atoms with Gasteiger partial charge in [-0.25, -0.2) is 9.78 Å². The van der Waals surface area contributed by atoms with E-state index in [-0.39, 0.29) is 11.9 Å². The first-order valence-electron chi connectivity index (χ1n) is 10.1. The zero-order valence-electron chi connectivity index (χ0n) is 16.3. The highest BCUT2D eigenvalue weighted by atomic mass is 16.2. The summed E-state index contributed by atoms with van der Waals surface area (Å²) in [6.45, 7) is 3.59. The van der Waals surface area contributed by atoms with Gasteiger partial charge in [0.05, 0.1) is 11.0 Å². The standard InChI is InChI=1S/C21H27N5O2/c1-15(19(27)22-12-11-16-7-3-2-4-8-16)23-21(28)26-14-13-25-18-10-6-5-9-17(18)24-20(25)26/h5-7,9-10,15H,2-4,8,11-14H2,1H3,(H,22,27)(H,23,28). The first-order valence-corrected chi connectivity index (χ1v) is 10.1. The van der Waals surface area contributed by atoms with Crippen LogP contribution in [0.25, 0.3) is 11.0 Å². The first-order chi connectivity index (χ1) is 13.6. The number of anilines is 1. The average molecular weight is 381 g/mol. The fourth-order valence-corrected chi connectivity index (χ4v) is 3.94. The predicted octanol–water partition coefficient (Wildman–Crippen LogP) is 2.96. The number of amides is 3. The van der Waals surface area contributed by atoms with Crippen LogP contribution in [0.15, 0.2) is 35.9 Å². The summed E-state index contributed by atoms with van der Waals surface area (Å²) in [5.74, 6) is 0.480. The lowest BCUT2D eigenvalue weighted by Gasteiger charge is -2.19. The lowest BCUT2D eigenvalue weighted by Crippen LogP contribution is -2.50. The van der Waals surface area contributed by atoms with Gasteiger partial charge >= 0.3 is 6.03 Å². The Morgan fingerprint density at radius 2 is 2.07 bits per heavy atom. The summed E-state index contributed by atoms with van der Waals surface area (Å²) in [5.41, 5.74) is 3.33. The minimum atomic E-state index is -0.591. The Balaban J connectivity index is 1.31. The zero-order chi connectivity index (χ0) is 19.5. The van der Waals surface area contributed by atoms with E-state index >= 15 is 0 Å². The number of allylic oxidation sites excluding steroid dienone is 1. The van der Waals surface area contributed by atoms with Gasteiger partial charge in [-0.15, -0.1) is 0 Å². The van der Waals surface area contributed by atoms with Crippen LogP contribution in [0, 0.1) is 0 Å². The van der Waals surface area contributed by atoms with Crippen LogP contribution in [0.1, 0.15) is 39.0 Å². The van der Waals surface area contributed by atoms with Gasteiger partial charge in [-0.2, -0.15) is 0 Å². The number of benzene rings is 1. The number of hydrogen-bond acceptors (Lipinski definition) is 3. The number of aromatic nitrogens is 2. The quantitative estimate of drug-likeness (QED) is 0.782. The summed E-state index contributed by atoms with van der Waals surface area (Å²) in [6.07, 6.45) is 7.98. The van der Waals surface area contributed by atoms with Crippen molar-refractivity contribution in [3.63, 3.8) is 0 Å². The van der Waals surface area contributed by atoms with E-state index in [0.717, 1.165) is 30.3 Å². The van der Waals surface area contributed by atoms with Gasteiger partial charge in [0.2, 0.25) is 11.9 Å². The monoisotopic (exact) mass is 381 g/mol. The summed E-state index contributed by atoms with van der Waals surface area (Å²) in [4.78, 5) is 31.2. The predicted molar refractivity (Wildman–Crippen MR) is 109 cm³/mol. The van der Waals surface area contributed by atoms with Gasteiger partial charge in [0.1, 0.15) is 6.04 Å². The molecule has 4 rings (SSSR count). The summed E-state index contributed by atoms with van der Waals surface area (Å²) >= 11 is 0. The minimum absolute atomic E-state index is 0.155. The molecule has 2 N–H and O–H groups in total. The van der Waals surface area contributed by atoms with Crippen molar-refractivity contribution >= 4 is 28.9 Å². The van der Waals surface area contributed by atoms with Gasteiger partial charge in [-0.3, -0.25) is 9.69 Å². The van der Waals surface area contributed by atoms with Crippen LogP contribution in [0.5, 0.6) is 0 Å². The van der Waals surface area contributed by atoms with Gasteiger partial charge in [0, 0.05) is 19.6 Å². The maximum absolute atomic E-state index is 12.7. The average Bonchev–Trinajstić information content (AvgIpc) is 3.28. The highest BCUT2D eigenvalue weighted by Crippen LogP contribution is 2.27. The fourth-order valence-electron chi connectivity index (χ4n) is 3.94. The number of para-hydroxylation sites is 2. The smallest absolute Gasteiger partial charge is 0.324 e. The molecule has 0 bridgehead atoms. The molecule has 7 heteroatoms. The Morgan fingerprint density at radius 1 is 1.21 bits per heavy atom. The molecule has 0 radical (unpaired) electrons. The molecule has 1 unspecified atom stereocenters. The van der Waals surface area contributed by atoms with Crippen molar-refractivity contribution in [1.29, 1.82) is 0 Å². The van der Waals surface area contributed by atoms with Crippen LogP contribution >= 0.6 is 0 Å². The van der Waals surface area contributed by atoms with E-state index in [9.17, 15) is 9.59 Å². The molecular weight excluding hydrogens is 354 g/mol. The molecule has 148 valence electrons. The molecule has 1 aromatic heterocycles. The number of carbonyl (C=O) groups excluding carboxylic acids is 2. The Kier molecular flexibility index (Phi) is 5.32. The largest absolute Gasteiger partial charge is 0.354 e. The molecule has 7 nitrogen and oxygen atoms in total. The third-order valence-corrected chi connectivity index (χ3v) is 5.53. The van der Waals surface area contributed by atoms with Crippen molar-refractivity contribution in [2.24, 2.45) is 0 Å². The Hall–Kier alpha value is -2.83. The van der Waals surface area contributed by atoms with E-state index in [4.69, 9.17) is 0 Å². The number of carbonyl (C=O) groups is 2.